The monoisotopic (exact) mass is 318 g/mol. The Kier molecular flexibility index (Phi) is 4.57. The second-order valence-electron chi connectivity index (χ2n) is 6.39. The molecule has 0 saturated carbocycles. The largest absolute Gasteiger partial charge is 0.508 e. The van der Waals surface area contributed by atoms with Crippen molar-refractivity contribution in [1.82, 2.24) is 0 Å². The van der Waals surface area contributed by atoms with E-state index in [1.165, 1.54) is 33.4 Å². The first kappa shape index (κ1) is 16.1. The normalized spacial score (nSPS) is 10.8. The third-order valence-corrected chi connectivity index (χ3v) is 4.46. The van der Waals surface area contributed by atoms with Crippen LogP contribution in [0.2, 0.25) is 0 Å². The number of benzene rings is 3. The fourth-order valence-electron chi connectivity index (χ4n) is 3.00. The van der Waals surface area contributed by atoms with Gasteiger partial charge in [0.2, 0.25) is 0 Å². The Labute approximate surface area is 143 Å². The molecule has 3 aromatic rings. The van der Waals surface area contributed by atoms with Crippen LogP contribution in [0.3, 0.4) is 0 Å². The van der Waals surface area contributed by atoms with Gasteiger partial charge in [0.25, 0.3) is 0 Å². The lowest BCUT2D eigenvalue weighted by molar-refractivity contribution is 0.474. The first-order valence-corrected chi connectivity index (χ1v) is 8.16. The second-order valence-corrected chi connectivity index (χ2v) is 6.39. The van der Waals surface area contributed by atoms with Crippen LogP contribution in [0.25, 0.3) is 0 Å². The highest BCUT2D eigenvalue weighted by Crippen LogP contribution is 2.23. The summed E-state index contributed by atoms with van der Waals surface area (Å²) < 4.78 is 0. The number of phenols is 2. The van der Waals surface area contributed by atoms with E-state index in [1.807, 2.05) is 24.3 Å². The highest BCUT2D eigenvalue weighted by molar-refractivity contribution is 5.43. The molecule has 0 aliphatic rings. The van der Waals surface area contributed by atoms with Crippen LogP contribution in [0.5, 0.6) is 11.5 Å². The lowest BCUT2D eigenvalue weighted by Gasteiger charge is -2.13. The van der Waals surface area contributed by atoms with E-state index in [1.54, 1.807) is 24.3 Å². The molecule has 24 heavy (non-hydrogen) atoms. The van der Waals surface area contributed by atoms with Crippen LogP contribution < -0.4 is 0 Å². The summed E-state index contributed by atoms with van der Waals surface area (Å²) in [6.07, 6.45) is 1.71. The van der Waals surface area contributed by atoms with E-state index >= 15 is 0 Å². The number of aromatic hydroxyl groups is 2. The summed E-state index contributed by atoms with van der Waals surface area (Å²) in [5.41, 5.74) is 7.57. The molecule has 0 heterocycles. The zero-order valence-corrected chi connectivity index (χ0v) is 14.1. The molecule has 0 amide bonds. The van der Waals surface area contributed by atoms with Crippen molar-refractivity contribution in [2.24, 2.45) is 0 Å². The van der Waals surface area contributed by atoms with Crippen molar-refractivity contribution in [3.05, 3.63) is 94.0 Å². The van der Waals surface area contributed by atoms with E-state index in [0.717, 1.165) is 12.8 Å². The van der Waals surface area contributed by atoms with Crippen LogP contribution in [-0.4, -0.2) is 10.2 Å². The molecular weight excluding hydrogens is 296 g/mol. The molecule has 2 heteroatoms. The van der Waals surface area contributed by atoms with E-state index in [0.29, 0.717) is 11.5 Å². The summed E-state index contributed by atoms with van der Waals surface area (Å²) in [7, 11) is 0. The van der Waals surface area contributed by atoms with Crippen LogP contribution in [0.15, 0.2) is 60.7 Å². The van der Waals surface area contributed by atoms with Gasteiger partial charge in [-0.15, -0.1) is 0 Å². The Balaban J connectivity index is 1.87. The predicted molar refractivity (Wildman–Crippen MR) is 97.7 cm³/mol. The van der Waals surface area contributed by atoms with Gasteiger partial charge >= 0.3 is 0 Å². The van der Waals surface area contributed by atoms with Gasteiger partial charge in [-0.25, -0.2) is 0 Å². The number of hydrogen-bond donors (Lipinski definition) is 2. The number of phenolic OH excluding ortho intramolecular Hbond substituents is 2. The number of aryl methyl sites for hydroxylation is 2. The standard InChI is InChI=1S/C22H22O2/c1-15-11-16(2)20(13-18-5-9-22(24)10-6-18)14-19(15)12-17-3-7-21(23)8-4-17/h3-11,14,23-24H,12-13H2,1-2H3. The van der Waals surface area contributed by atoms with Crippen LogP contribution in [0.4, 0.5) is 0 Å². The molecule has 0 atom stereocenters. The minimum atomic E-state index is 0.299. The zero-order valence-electron chi connectivity index (χ0n) is 14.1. The van der Waals surface area contributed by atoms with E-state index < -0.39 is 0 Å². The van der Waals surface area contributed by atoms with E-state index in [-0.39, 0.29) is 0 Å². The summed E-state index contributed by atoms with van der Waals surface area (Å²) in [5.74, 6) is 0.597. The van der Waals surface area contributed by atoms with Crippen molar-refractivity contribution in [2.45, 2.75) is 26.7 Å². The summed E-state index contributed by atoms with van der Waals surface area (Å²) in [6.45, 7) is 4.29. The fraction of sp³-hybridized carbons (Fsp3) is 0.182. The van der Waals surface area contributed by atoms with Crippen LogP contribution in [0.1, 0.15) is 33.4 Å². The average molecular weight is 318 g/mol. The molecule has 0 aromatic heterocycles. The average Bonchev–Trinajstić information content (AvgIpc) is 2.56. The van der Waals surface area contributed by atoms with Crippen molar-refractivity contribution >= 4 is 0 Å². The fourth-order valence-corrected chi connectivity index (χ4v) is 3.00. The molecular formula is C22H22O2. The Morgan fingerprint density at radius 1 is 0.583 bits per heavy atom. The minimum Gasteiger partial charge on any atom is -0.508 e. The molecule has 0 aliphatic heterocycles. The van der Waals surface area contributed by atoms with Gasteiger partial charge in [0, 0.05) is 0 Å². The van der Waals surface area contributed by atoms with Crippen LogP contribution in [-0.2, 0) is 12.8 Å². The maximum absolute atomic E-state index is 9.42. The topological polar surface area (TPSA) is 40.5 Å². The SMILES string of the molecule is Cc1cc(C)c(Cc2ccc(O)cc2)cc1Cc1ccc(O)cc1. The maximum atomic E-state index is 9.42. The minimum absolute atomic E-state index is 0.299. The Morgan fingerprint density at radius 3 is 1.33 bits per heavy atom. The second kappa shape index (κ2) is 6.79. The van der Waals surface area contributed by atoms with E-state index in [9.17, 15) is 10.2 Å². The molecule has 2 nitrogen and oxygen atoms in total. The lowest BCUT2D eigenvalue weighted by atomic mass is 9.92. The highest BCUT2D eigenvalue weighted by Gasteiger charge is 2.07. The van der Waals surface area contributed by atoms with Gasteiger partial charge in [-0.1, -0.05) is 36.4 Å². The third kappa shape index (κ3) is 3.77. The summed E-state index contributed by atoms with van der Waals surface area (Å²) >= 11 is 0. The molecule has 0 unspecified atom stereocenters. The van der Waals surface area contributed by atoms with Crippen molar-refractivity contribution in [3.8, 4) is 11.5 Å². The van der Waals surface area contributed by atoms with Gasteiger partial charge < -0.3 is 10.2 Å². The van der Waals surface area contributed by atoms with Crippen LogP contribution in [0, 0.1) is 13.8 Å². The Bertz CT molecular complexity index is 762. The van der Waals surface area contributed by atoms with Gasteiger partial charge in [-0.3, -0.25) is 0 Å². The van der Waals surface area contributed by atoms with Crippen molar-refractivity contribution < 1.29 is 10.2 Å². The molecule has 0 spiro atoms. The molecule has 0 aliphatic carbocycles. The summed E-state index contributed by atoms with van der Waals surface area (Å²) in [5, 5.41) is 18.8. The van der Waals surface area contributed by atoms with Crippen molar-refractivity contribution in [2.75, 3.05) is 0 Å². The predicted octanol–water partition coefficient (Wildman–Crippen LogP) is 4.90. The molecule has 0 fully saturated rings. The molecule has 0 saturated heterocycles. The van der Waals surface area contributed by atoms with Gasteiger partial charge in [-0.05, 0) is 84.3 Å². The molecule has 0 radical (unpaired) electrons. The number of hydrogen-bond acceptors (Lipinski definition) is 2. The van der Waals surface area contributed by atoms with Gasteiger partial charge in [-0.2, -0.15) is 0 Å². The first-order chi connectivity index (χ1) is 11.5. The quantitative estimate of drug-likeness (QED) is 0.718. The first-order valence-electron chi connectivity index (χ1n) is 8.16. The Hall–Kier alpha value is -2.74. The smallest absolute Gasteiger partial charge is 0.115 e. The van der Waals surface area contributed by atoms with Crippen molar-refractivity contribution in [1.29, 1.82) is 0 Å². The maximum Gasteiger partial charge on any atom is 0.115 e. The lowest BCUT2D eigenvalue weighted by Crippen LogP contribution is -1.98. The summed E-state index contributed by atoms with van der Waals surface area (Å²) in [6, 6.07) is 19.3. The van der Waals surface area contributed by atoms with Crippen molar-refractivity contribution in [3.63, 3.8) is 0 Å². The Morgan fingerprint density at radius 2 is 0.958 bits per heavy atom. The third-order valence-electron chi connectivity index (χ3n) is 4.46. The van der Waals surface area contributed by atoms with Gasteiger partial charge in [0.05, 0.1) is 0 Å². The van der Waals surface area contributed by atoms with E-state index in [2.05, 4.69) is 26.0 Å². The van der Waals surface area contributed by atoms with E-state index in [4.69, 9.17) is 0 Å². The van der Waals surface area contributed by atoms with Gasteiger partial charge in [0.15, 0.2) is 0 Å². The molecule has 2 N–H and O–H groups in total. The van der Waals surface area contributed by atoms with Gasteiger partial charge in [0.1, 0.15) is 11.5 Å². The summed E-state index contributed by atoms with van der Waals surface area (Å²) in [4.78, 5) is 0. The highest BCUT2D eigenvalue weighted by atomic mass is 16.3. The number of rotatable bonds is 4. The molecule has 0 bridgehead atoms. The molecule has 3 aromatic carbocycles. The van der Waals surface area contributed by atoms with Crippen LogP contribution >= 0.6 is 0 Å². The molecule has 122 valence electrons. The molecule has 3 rings (SSSR count). The zero-order chi connectivity index (χ0) is 17.1.